The zero-order chi connectivity index (χ0) is 15.8. The predicted octanol–water partition coefficient (Wildman–Crippen LogP) is 1.60. The summed E-state index contributed by atoms with van der Waals surface area (Å²) in [7, 11) is 0.186. The van der Waals surface area contributed by atoms with Crippen molar-refractivity contribution >= 4 is 15.7 Å². The number of nitrogens with two attached hydrogens (primary N) is 1. The Balaban J connectivity index is 2.36. The van der Waals surface area contributed by atoms with Gasteiger partial charge in [-0.15, -0.1) is 0 Å². The van der Waals surface area contributed by atoms with E-state index in [1.165, 1.54) is 4.31 Å². The van der Waals surface area contributed by atoms with Crippen molar-refractivity contribution in [1.82, 2.24) is 9.21 Å². The maximum atomic E-state index is 12.9. The number of piperidine rings is 1. The van der Waals surface area contributed by atoms with E-state index in [1.54, 1.807) is 14.0 Å². The fourth-order valence-electron chi connectivity index (χ4n) is 2.85. The molecular weight excluding hydrogens is 286 g/mol. The summed E-state index contributed by atoms with van der Waals surface area (Å²) >= 11 is 0. The van der Waals surface area contributed by atoms with Gasteiger partial charge in [0, 0.05) is 13.1 Å². The van der Waals surface area contributed by atoms with Crippen LogP contribution >= 0.6 is 0 Å². The Hall–Kier alpha value is -1.11. The molecule has 1 aliphatic heterocycles. The van der Waals surface area contributed by atoms with Crippen molar-refractivity contribution in [2.45, 2.75) is 37.6 Å². The van der Waals surface area contributed by atoms with Gasteiger partial charge in [-0.3, -0.25) is 0 Å². The topological polar surface area (TPSA) is 66.6 Å². The number of nitrogen functional groups attached to an aromatic ring is 1. The third-order valence-corrected chi connectivity index (χ3v) is 6.56. The second-order valence-corrected chi connectivity index (χ2v) is 7.93. The molecule has 118 valence electrons. The molecule has 21 heavy (non-hydrogen) atoms. The summed E-state index contributed by atoms with van der Waals surface area (Å²) in [4.78, 5) is 2.49. The molecule has 5 nitrogen and oxygen atoms in total. The van der Waals surface area contributed by atoms with Crippen LogP contribution < -0.4 is 5.73 Å². The van der Waals surface area contributed by atoms with E-state index in [9.17, 15) is 8.42 Å². The first kappa shape index (κ1) is 16.3. The number of anilines is 1. The van der Waals surface area contributed by atoms with Crippen molar-refractivity contribution in [3.05, 3.63) is 23.3 Å². The average molecular weight is 311 g/mol. The van der Waals surface area contributed by atoms with E-state index < -0.39 is 10.0 Å². The maximum Gasteiger partial charge on any atom is 0.245 e. The van der Waals surface area contributed by atoms with Gasteiger partial charge in [-0.25, -0.2) is 8.42 Å². The highest BCUT2D eigenvalue weighted by Crippen LogP contribution is 2.30. The summed E-state index contributed by atoms with van der Waals surface area (Å²) < 4.78 is 27.4. The molecule has 1 aromatic rings. The number of hydrogen-bond donors (Lipinski definition) is 1. The van der Waals surface area contributed by atoms with E-state index in [-0.39, 0.29) is 10.9 Å². The number of aryl methyl sites for hydroxylation is 2. The van der Waals surface area contributed by atoms with Crippen LogP contribution in [0.3, 0.4) is 0 Å². The Morgan fingerprint density at radius 1 is 1.19 bits per heavy atom. The first-order valence-electron chi connectivity index (χ1n) is 7.27. The van der Waals surface area contributed by atoms with Crippen LogP contribution in [0.5, 0.6) is 0 Å². The molecule has 1 heterocycles. The molecule has 0 aromatic heterocycles. The van der Waals surface area contributed by atoms with Crippen molar-refractivity contribution in [2.24, 2.45) is 0 Å². The number of benzene rings is 1. The Kier molecular flexibility index (Phi) is 4.60. The van der Waals surface area contributed by atoms with Crippen molar-refractivity contribution in [1.29, 1.82) is 0 Å². The second kappa shape index (κ2) is 5.94. The van der Waals surface area contributed by atoms with Gasteiger partial charge >= 0.3 is 0 Å². The summed E-state index contributed by atoms with van der Waals surface area (Å²) in [6, 6.07) is 3.73. The lowest BCUT2D eigenvalue weighted by atomic mass is 10.1. The molecule has 0 saturated carbocycles. The quantitative estimate of drug-likeness (QED) is 0.861. The Bertz CT molecular complexity index is 620. The fourth-order valence-corrected chi connectivity index (χ4v) is 4.65. The Labute approximate surface area is 127 Å². The fraction of sp³-hybridized carbons (Fsp3) is 0.600. The van der Waals surface area contributed by atoms with Gasteiger partial charge in [0.1, 0.15) is 4.90 Å². The monoisotopic (exact) mass is 311 g/mol. The molecule has 1 aromatic carbocycles. The van der Waals surface area contributed by atoms with Gasteiger partial charge in [0.25, 0.3) is 0 Å². The second-order valence-electron chi connectivity index (χ2n) is 6.00. The standard InChI is InChI=1S/C15H25N3O2S/c1-11-5-6-12(2)15(14(11)16)21(19,20)18(4)13-7-9-17(3)10-8-13/h5-6,13H,7-10,16H2,1-4H3. The van der Waals surface area contributed by atoms with Crippen LogP contribution in [-0.2, 0) is 10.0 Å². The molecule has 2 N–H and O–H groups in total. The van der Waals surface area contributed by atoms with Crippen LogP contribution in [0.15, 0.2) is 17.0 Å². The molecule has 0 amide bonds. The lowest BCUT2D eigenvalue weighted by Gasteiger charge is -2.34. The molecule has 0 aliphatic carbocycles. The predicted molar refractivity (Wildman–Crippen MR) is 85.8 cm³/mol. The largest absolute Gasteiger partial charge is 0.397 e. The zero-order valence-corrected chi connectivity index (χ0v) is 14.1. The highest BCUT2D eigenvalue weighted by atomic mass is 32.2. The maximum absolute atomic E-state index is 12.9. The van der Waals surface area contributed by atoms with Gasteiger partial charge in [0.15, 0.2) is 0 Å². The summed E-state index contributed by atoms with van der Waals surface area (Å²) in [5.41, 5.74) is 7.92. The minimum Gasteiger partial charge on any atom is -0.397 e. The number of hydrogen-bond acceptors (Lipinski definition) is 4. The molecule has 0 spiro atoms. The number of likely N-dealkylation sites (tertiary alicyclic amines) is 1. The Morgan fingerprint density at radius 3 is 2.29 bits per heavy atom. The smallest absolute Gasteiger partial charge is 0.245 e. The lowest BCUT2D eigenvalue weighted by Crippen LogP contribution is -2.44. The van der Waals surface area contributed by atoms with Crippen molar-refractivity contribution in [3.8, 4) is 0 Å². The van der Waals surface area contributed by atoms with Crippen LogP contribution in [0.25, 0.3) is 0 Å². The SMILES string of the molecule is Cc1ccc(C)c(S(=O)(=O)N(C)C2CCN(C)CC2)c1N. The molecule has 0 bridgehead atoms. The minimum atomic E-state index is -3.55. The minimum absolute atomic E-state index is 0.0468. The number of sulfonamides is 1. The molecular formula is C15H25N3O2S. The lowest BCUT2D eigenvalue weighted by molar-refractivity contribution is 0.197. The number of rotatable bonds is 3. The highest BCUT2D eigenvalue weighted by Gasteiger charge is 2.32. The summed E-state index contributed by atoms with van der Waals surface area (Å²) in [6.07, 6.45) is 1.72. The molecule has 1 aliphatic rings. The summed E-state index contributed by atoms with van der Waals surface area (Å²) in [5, 5.41) is 0. The first-order valence-corrected chi connectivity index (χ1v) is 8.71. The van der Waals surface area contributed by atoms with Crippen LogP contribution in [0, 0.1) is 13.8 Å². The third kappa shape index (κ3) is 3.07. The first-order chi connectivity index (χ1) is 9.75. The van der Waals surface area contributed by atoms with Crippen LogP contribution in [0.2, 0.25) is 0 Å². The van der Waals surface area contributed by atoms with Gasteiger partial charge in [0.2, 0.25) is 10.0 Å². The van der Waals surface area contributed by atoms with E-state index in [2.05, 4.69) is 11.9 Å². The zero-order valence-electron chi connectivity index (χ0n) is 13.3. The molecule has 6 heteroatoms. The summed E-state index contributed by atoms with van der Waals surface area (Å²) in [6.45, 7) is 5.48. The van der Waals surface area contributed by atoms with E-state index in [1.807, 2.05) is 19.1 Å². The highest BCUT2D eigenvalue weighted by molar-refractivity contribution is 7.89. The van der Waals surface area contributed by atoms with E-state index in [0.29, 0.717) is 11.3 Å². The molecule has 2 rings (SSSR count). The average Bonchev–Trinajstić information content (AvgIpc) is 2.43. The van der Waals surface area contributed by atoms with E-state index in [0.717, 1.165) is 31.5 Å². The van der Waals surface area contributed by atoms with Gasteiger partial charge in [-0.2, -0.15) is 4.31 Å². The van der Waals surface area contributed by atoms with Gasteiger partial charge in [-0.1, -0.05) is 12.1 Å². The van der Waals surface area contributed by atoms with Crippen LogP contribution in [-0.4, -0.2) is 50.8 Å². The van der Waals surface area contributed by atoms with Crippen molar-refractivity contribution in [2.75, 3.05) is 32.9 Å². The van der Waals surface area contributed by atoms with Crippen molar-refractivity contribution < 1.29 is 8.42 Å². The molecule has 1 fully saturated rings. The van der Waals surface area contributed by atoms with Gasteiger partial charge in [0.05, 0.1) is 5.69 Å². The molecule has 1 saturated heterocycles. The summed E-state index contributed by atoms with van der Waals surface area (Å²) in [5.74, 6) is 0. The van der Waals surface area contributed by atoms with Crippen LogP contribution in [0.1, 0.15) is 24.0 Å². The van der Waals surface area contributed by atoms with Crippen LogP contribution in [0.4, 0.5) is 5.69 Å². The third-order valence-electron chi connectivity index (χ3n) is 4.45. The number of nitrogens with zero attached hydrogens (tertiary/aromatic N) is 2. The molecule has 0 radical (unpaired) electrons. The molecule has 0 unspecified atom stereocenters. The van der Waals surface area contributed by atoms with E-state index in [4.69, 9.17) is 5.73 Å². The Morgan fingerprint density at radius 2 is 1.71 bits per heavy atom. The molecule has 0 atom stereocenters. The van der Waals surface area contributed by atoms with Gasteiger partial charge < -0.3 is 10.6 Å². The normalized spacial score (nSPS) is 18.3. The van der Waals surface area contributed by atoms with Crippen molar-refractivity contribution in [3.63, 3.8) is 0 Å². The van der Waals surface area contributed by atoms with E-state index >= 15 is 0 Å². The van der Waals surface area contributed by atoms with Gasteiger partial charge in [-0.05, 0) is 58.0 Å².